The maximum absolute atomic E-state index is 10.5. The molecule has 0 spiro atoms. The predicted octanol–water partition coefficient (Wildman–Crippen LogP) is -0.443. The Hall–Kier alpha value is -2.12. The van der Waals surface area contributed by atoms with Crippen molar-refractivity contribution in [1.82, 2.24) is 24.8 Å². The van der Waals surface area contributed by atoms with Crippen LogP contribution in [0.5, 0.6) is 0 Å². The topological polar surface area (TPSA) is 136 Å². The van der Waals surface area contributed by atoms with Crippen LogP contribution in [0.15, 0.2) is 12.7 Å². The fourth-order valence-corrected chi connectivity index (χ4v) is 3.65. The SMILES string of the molecule is CCNC(=S)OCC1OC(n2cnc3c(N[C@@H]4CCOC4)ncnc32)C(O)C1O. The highest BCUT2D eigenvalue weighted by Crippen LogP contribution is 2.32. The van der Waals surface area contributed by atoms with Gasteiger partial charge >= 0.3 is 0 Å². The minimum Gasteiger partial charge on any atom is -0.468 e. The maximum atomic E-state index is 10.5. The molecule has 2 fully saturated rings. The van der Waals surface area contributed by atoms with Gasteiger partial charge < -0.3 is 35.1 Å². The second-order valence-corrected chi connectivity index (χ2v) is 7.30. The summed E-state index contributed by atoms with van der Waals surface area (Å²) in [5.74, 6) is 0.591. The number of rotatable bonds is 6. The van der Waals surface area contributed by atoms with E-state index in [9.17, 15) is 10.2 Å². The normalized spacial score (nSPS) is 29.3. The summed E-state index contributed by atoms with van der Waals surface area (Å²) in [5.41, 5.74) is 1.04. The zero-order valence-electron chi connectivity index (χ0n) is 15.9. The van der Waals surface area contributed by atoms with Crippen LogP contribution in [0.4, 0.5) is 5.82 Å². The number of nitrogens with one attached hydrogen (secondary N) is 2. The van der Waals surface area contributed by atoms with E-state index in [0.717, 1.165) is 6.42 Å². The molecule has 2 aliphatic heterocycles. The highest BCUT2D eigenvalue weighted by atomic mass is 32.1. The van der Waals surface area contributed by atoms with E-state index in [2.05, 4.69) is 25.6 Å². The van der Waals surface area contributed by atoms with E-state index in [4.69, 9.17) is 26.4 Å². The summed E-state index contributed by atoms with van der Waals surface area (Å²) in [5, 5.41) is 27.3. The molecule has 0 amide bonds. The highest BCUT2D eigenvalue weighted by molar-refractivity contribution is 7.80. The molecule has 0 aliphatic carbocycles. The van der Waals surface area contributed by atoms with Crippen molar-refractivity contribution in [3.05, 3.63) is 12.7 Å². The van der Waals surface area contributed by atoms with Crippen molar-refractivity contribution in [2.45, 2.75) is 43.9 Å². The molecule has 0 radical (unpaired) electrons. The van der Waals surface area contributed by atoms with Crippen LogP contribution in [0.1, 0.15) is 19.6 Å². The Morgan fingerprint density at radius 1 is 1.34 bits per heavy atom. The lowest BCUT2D eigenvalue weighted by molar-refractivity contribution is -0.0491. The summed E-state index contributed by atoms with van der Waals surface area (Å²) in [6.45, 7) is 3.85. The van der Waals surface area contributed by atoms with Crippen molar-refractivity contribution in [1.29, 1.82) is 0 Å². The number of hydrogen-bond acceptors (Lipinski definition) is 10. The molecule has 29 heavy (non-hydrogen) atoms. The number of ether oxygens (including phenoxy) is 3. The van der Waals surface area contributed by atoms with Crippen LogP contribution in [0.2, 0.25) is 0 Å². The van der Waals surface area contributed by atoms with Gasteiger partial charge in [0, 0.05) is 13.2 Å². The summed E-state index contributed by atoms with van der Waals surface area (Å²) in [6, 6.07) is 0.162. The van der Waals surface area contributed by atoms with Gasteiger partial charge in [0.25, 0.3) is 5.17 Å². The number of fused-ring (bicyclic) bond motifs is 1. The molecule has 4 rings (SSSR count). The quantitative estimate of drug-likeness (QED) is 0.449. The van der Waals surface area contributed by atoms with Gasteiger partial charge in [0.15, 0.2) is 23.2 Å². The van der Waals surface area contributed by atoms with E-state index in [1.54, 1.807) is 4.57 Å². The Morgan fingerprint density at radius 3 is 2.97 bits per heavy atom. The lowest BCUT2D eigenvalue weighted by Gasteiger charge is -2.17. The third-order valence-corrected chi connectivity index (χ3v) is 5.20. The van der Waals surface area contributed by atoms with Crippen molar-refractivity contribution in [3.63, 3.8) is 0 Å². The number of hydrogen-bond donors (Lipinski definition) is 4. The van der Waals surface area contributed by atoms with Gasteiger partial charge in [-0.05, 0) is 25.6 Å². The van der Waals surface area contributed by atoms with E-state index in [0.29, 0.717) is 36.7 Å². The molecule has 0 saturated carbocycles. The molecular weight excluding hydrogens is 400 g/mol. The lowest BCUT2D eigenvalue weighted by Crippen LogP contribution is -2.35. The molecule has 158 valence electrons. The highest BCUT2D eigenvalue weighted by Gasteiger charge is 2.44. The first kappa shape index (κ1) is 20.2. The Labute approximate surface area is 172 Å². The molecule has 11 nitrogen and oxygen atoms in total. The van der Waals surface area contributed by atoms with Crippen LogP contribution < -0.4 is 10.6 Å². The molecular formula is C17H24N6O5S. The first-order valence-corrected chi connectivity index (χ1v) is 9.93. The van der Waals surface area contributed by atoms with E-state index in [1.165, 1.54) is 12.7 Å². The van der Waals surface area contributed by atoms with Gasteiger partial charge in [-0.2, -0.15) is 0 Å². The van der Waals surface area contributed by atoms with Gasteiger partial charge in [0.1, 0.15) is 31.2 Å². The molecule has 2 saturated heterocycles. The molecule has 0 bridgehead atoms. The molecule has 4 heterocycles. The van der Waals surface area contributed by atoms with Crippen LogP contribution in [0.25, 0.3) is 11.2 Å². The number of thiocarbonyl (C=S) groups is 1. The van der Waals surface area contributed by atoms with Crippen LogP contribution in [0, 0.1) is 0 Å². The second-order valence-electron chi connectivity index (χ2n) is 6.93. The Morgan fingerprint density at radius 2 is 2.21 bits per heavy atom. The summed E-state index contributed by atoms with van der Waals surface area (Å²) in [6.07, 6.45) is -0.109. The molecule has 12 heteroatoms. The van der Waals surface area contributed by atoms with E-state index in [1.807, 2.05) is 6.92 Å². The minimum absolute atomic E-state index is 0.0106. The molecule has 0 aromatic carbocycles. The standard InChI is InChI=1S/C17H24N6O5S/c1-2-18-17(29)27-6-10-12(24)13(25)16(28-10)23-8-21-11-14(19-7-20-15(11)23)22-9-3-4-26-5-9/h7-10,12-13,16,24-25H,2-6H2,1H3,(H,18,29)(H,19,20,22)/t9-,10?,12?,13?,16?/m1/s1. The largest absolute Gasteiger partial charge is 0.468 e. The van der Waals surface area contributed by atoms with Crippen molar-refractivity contribution in [2.75, 3.05) is 31.7 Å². The number of anilines is 1. The van der Waals surface area contributed by atoms with E-state index in [-0.39, 0.29) is 17.8 Å². The van der Waals surface area contributed by atoms with Crippen LogP contribution >= 0.6 is 12.2 Å². The van der Waals surface area contributed by atoms with Crippen LogP contribution in [-0.4, -0.2) is 85.6 Å². The molecule has 2 aromatic heterocycles. The number of aromatic nitrogens is 4. The molecule has 2 aliphatic rings. The fourth-order valence-electron chi connectivity index (χ4n) is 3.44. The Balaban J connectivity index is 1.51. The van der Waals surface area contributed by atoms with Gasteiger partial charge in [0.05, 0.1) is 19.0 Å². The van der Waals surface area contributed by atoms with Crippen molar-refractivity contribution < 1.29 is 24.4 Å². The Bertz CT molecular complexity index is 860. The van der Waals surface area contributed by atoms with Gasteiger partial charge in [-0.1, -0.05) is 0 Å². The summed E-state index contributed by atoms with van der Waals surface area (Å²) in [7, 11) is 0. The Kier molecular flexibility index (Phi) is 6.06. The van der Waals surface area contributed by atoms with Gasteiger partial charge in [0.2, 0.25) is 0 Å². The zero-order valence-corrected chi connectivity index (χ0v) is 16.7. The first-order chi connectivity index (χ1) is 14.1. The summed E-state index contributed by atoms with van der Waals surface area (Å²) < 4.78 is 18.2. The average molecular weight is 424 g/mol. The van der Waals surface area contributed by atoms with E-state index >= 15 is 0 Å². The third-order valence-electron chi connectivity index (χ3n) is 4.94. The molecule has 5 atom stereocenters. The summed E-state index contributed by atoms with van der Waals surface area (Å²) in [4.78, 5) is 13.0. The van der Waals surface area contributed by atoms with Gasteiger partial charge in [-0.15, -0.1) is 0 Å². The van der Waals surface area contributed by atoms with Crippen molar-refractivity contribution >= 4 is 34.4 Å². The predicted molar refractivity (Wildman–Crippen MR) is 106 cm³/mol. The van der Waals surface area contributed by atoms with Crippen LogP contribution in [-0.2, 0) is 14.2 Å². The van der Waals surface area contributed by atoms with E-state index < -0.39 is 24.5 Å². The minimum atomic E-state index is -1.18. The second kappa shape index (κ2) is 8.71. The number of nitrogens with zero attached hydrogens (tertiary/aromatic N) is 4. The monoisotopic (exact) mass is 424 g/mol. The lowest BCUT2D eigenvalue weighted by atomic mass is 10.1. The number of aliphatic hydroxyl groups excluding tert-OH is 2. The number of imidazole rings is 1. The zero-order chi connectivity index (χ0) is 20.4. The average Bonchev–Trinajstić information content (AvgIpc) is 3.43. The van der Waals surface area contributed by atoms with Crippen molar-refractivity contribution in [3.8, 4) is 0 Å². The molecule has 2 aromatic rings. The molecule has 4 N–H and O–H groups in total. The van der Waals surface area contributed by atoms with Gasteiger partial charge in [-0.3, -0.25) is 4.57 Å². The summed E-state index contributed by atoms with van der Waals surface area (Å²) >= 11 is 5.02. The molecule has 4 unspecified atom stereocenters. The van der Waals surface area contributed by atoms with Gasteiger partial charge in [-0.25, -0.2) is 15.0 Å². The fraction of sp³-hybridized carbons (Fsp3) is 0.647. The third kappa shape index (κ3) is 4.12. The first-order valence-electron chi connectivity index (χ1n) is 9.52. The number of aliphatic hydroxyl groups is 2. The maximum Gasteiger partial charge on any atom is 0.256 e. The van der Waals surface area contributed by atoms with Crippen molar-refractivity contribution in [2.24, 2.45) is 0 Å². The van der Waals surface area contributed by atoms with Crippen LogP contribution in [0.3, 0.4) is 0 Å². The smallest absolute Gasteiger partial charge is 0.256 e.